The largest absolute Gasteiger partial charge is 0.493 e. The van der Waals surface area contributed by atoms with Crippen LogP contribution in [0.25, 0.3) is 0 Å². The second kappa shape index (κ2) is 5.01. The van der Waals surface area contributed by atoms with E-state index in [1.807, 2.05) is 6.92 Å². The molecule has 18 heavy (non-hydrogen) atoms. The Kier molecular flexibility index (Phi) is 3.42. The Labute approximate surface area is 107 Å². The quantitative estimate of drug-likeness (QED) is 0.914. The van der Waals surface area contributed by atoms with Gasteiger partial charge in [0.05, 0.1) is 12.7 Å². The molecule has 0 amide bonds. The van der Waals surface area contributed by atoms with Gasteiger partial charge < -0.3 is 14.6 Å². The molecule has 0 atom stereocenters. The number of ether oxygens (including phenoxy) is 2. The van der Waals surface area contributed by atoms with Crippen molar-refractivity contribution in [2.75, 3.05) is 7.11 Å². The Morgan fingerprint density at radius 2 is 2.11 bits per heavy atom. The van der Waals surface area contributed by atoms with E-state index < -0.39 is 5.97 Å². The molecule has 0 radical (unpaired) electrons. The van der Waals surface area contributed by atoms with E-state index in [1.54, 1.807) is 0 Å². The minimum atomic E-state index is -1.02. The van der Waals surface area contributed by atoms with Crippen LogP contribution in [0.1, 0.15) is 15.4 Å². The van der Waals surface area contributed by atoms with Gasteiger partial charge in [0.2, 0.25) is 0 Å². The predicted octanol–water partition coefficient (Wildman–Crippen LogP) is 2.35. The standard InChI is InChI=1S/C11H10N2O4S/c1-6-12-13-11(18-6)17-8-4-3-7(10(14)15)5-9(8)16-2/h3-5H,1-2H3,(H,14,15). The summed E-state index contributed by atoms with van der Waals surface area (Å²) in [5, 5.41) is 17.7. The zero-order valence-corrected chi connectivity index (χ0v) is 10.5. The van der Waals surface area contributed by atoms with Crippen LogP contribution in [0.3, 0.4) is 0 Å². The summed E-state index contributed by atoms with van der Waals surface area (Å²) >= 11 is 1.30. The number of benzene rings is 1. The van der Waals surface area contributed by atoms with Gasteiger partial charge in [-0.1, -0.05) is 16.4 Å². The summed E-state index contributed by atoms with van der Waals surface area (Å²) in [6.07, 6.45) is 0. The number of methoxy groups -OCH3 is 1. The minimum Gasteiger partial charge on any atom is -0.493 e. The van der Waals surface area contributed by atoms with Gasteiger partial charge in [0, 0.05) is 0 Å². The third-order valence-corrected chi connectivity index (χ3v) is 2.83. The van der Waals surface area contributed by atoms with Crippen LogP contribution in [0.2, 0.25) is 0 Å². The maximum Gasteiger partial charge on any atom is 0.335 e. The first kappa shape index (κ1) is 12.3. The van der Waals surface area contributed by atoms with E-state index in [0.29, 0.717) is 16.7 Å². The smallest absolute Gasteiger partial charge is 0.335 e. The Bertz CT molecular complexity index is 582. The number of aromatic nitrogens is 2. The third kappa shape index (κ3) is 2.57. The SMILES string of the molecule is COc1cc(C(=O)O)ccc1Oc1nnc(C)s1. The Balaban J connectivity index is 2.30. The third-order valence-electron chi connectivity index (χ3n) is 2.12. The van der Waals surface area contributed by atoms with Crippen molar-refractivity contribution in [2.24, 2.45) is 0 Å². The van der Waals surface area contributed by atoms with Crippen LogP contribution < -0.4 is 9.47 Å². The normalized spacial score (nSPS) is 10.1. The Morgan fingerprint density at radius 3 is 2.67 bits per heavy atom. The molecule has 0 aliphatic heterocycles. The van der Waals surface area contributed by atoms with E-state index in [9.17, 15) is 4.79 Å². The van der Waals surface area contributed by atoms with Gasteiger partial charge in [-0.3, -0.25) is 0 Å². The summed E-state index contributed by atoms with van der Waals surface area (Å²) in [5.41, 5.74) is 0.132. The molecule has 2 aromatic rings. The van der Waals surface area contributed by atoms with Gasteiger partial charge in [0.1, 0.15) is 5.01 Å². The van der Waals surface area contributed by atoms with Crippen LogP contribution >= 0.6 is 11.3 Å². The van der Waals surface area contributed by atoms with E-state index in [2.05, 4.69) is 10.2 Å². The number of carbonyl (C=O) groups is 1. The van der Waals surface area contributed by atoms with E-state index in [1.165, 1.54) is 36.6 Å². The average molecular weight is 266 g/mol. The maximum absolute atomic E-state index is 10.8. The van der Waals surface area contributed by atoms with E-state index in [0.717, 1.165) is 5.01 Å². The first-order valence-electron chi connectivity index (χ1n) is 4.99. The topological polar surface area (TPSA) is 81.5 Å². The van der Waals surface area contributed by atoms with Crippen molar-refractivity contribution >= 4 is 17.3 Å². The highest BCUT2D eigenvalue weighted by molar-refractivity contribution is 7.13. The number of carboxylic acid groups (broad SMARTS) is 1. The van der Waals surface area contributed by atoms with Gasteiger partial charge in [-0.05, 0) is 25.1 Å². The Hall–Kier alpha value is -2.15. The average Bonchev–Trinajstić information content (AvgIpc) is 2.75. The highest BCUT2D eigenvalue weighted by atomic mass is 32.1. The summed E-state index contributed by atoms with van der Waals surface area (Å²) < 4.78 is 10.6. The molecular formula is C11H10N2O4S. The molecule has 0 bridgehead atoms. The maximum atomic E-state index is 10.8. The van der Waals surface area contributed by atoms with Crippen LogP contribution in [-0.2, 0) is 0 Å². The number of hydrogen-bond acceptors (Lipinski definition) is 6. The molecule has 0 aliphatic carbocycles. The summed E-state index contributed by atoms with van der Waals surface area (Å²) in [7, 11) is 1.44. The first-order valence-corrected chi connectivity index (χ1v) is 5.81. The zero-order valence-electron chi connectivity index (χ0n) is 9.71. The number of nitrogens with zero attached hydrogens (tertiary/aromatic N) is 2. The summed E-state index contributed by atoms with van der Waals surface area (Å²) in [6.45, 7) is 1.81. The van der Waals surface area contributed by atoms with Crippen LogP contribution in [0.5, 0.6) is 16.7 Å². The number of aryl methyl sites for hydroxylation is 1. The van der Waals surface area contributed by atoms with Crippen LogP contribution in [0.15, 0.2) is 18.2 Å². The molecule has 1 aromatic carbocycles. The van der Waals surface area contributed by atoms with Crippen molar-refractivity contribution in [1.82, 2.24) is 10.2 Å². The van der Waals surface area contributed by atoms with E-state index >= 15 is 0 Å². The van der Waals surface area contributed by atoms with Gasteiger partial charge in [-0.25, -0.2) is 4.79 Å². The summed E-state index contributed by atoms with van der Waals surface area (Å²) in [5.74, 6) is -0.284. The summed E-state index contributed by atoms with van der Waals surface area (Å²) in [6, 6.07) is 4.36. The molecule has 6 nitrogen and oxygen atoms in total. The van der Waals surface area contributed by atoms with Gasteiger partial charge in [-0.15, -0.1) is 5.10 Å². The fourth-order valence-electron chi connectivity index (χ4n) is 1.30. The fraction of sp³-hybridized carbons (Fsp3) is 0.182. The molecule has 0 saturated carbocycles. The van der Waals surface area contributed by atoms with Crippen LogP contribution in [0, 0.1) is 6.92 Å². The minimum absolute atomic E-state index is 0.132. The summed E-state index contributed by atoms with van der Waals surface area (Å²) in [4.78, 5) is 10.8. The molecule has 1 aromatic heterocycles. The first-order chi connectivity index (χ1) is 8.60. The lowest BCUT2D eigenvalue weighted by atomic mass is 10.2. The highest BCUT2D eigenvalue weighted by Crippen LogP contribution is 2.33. The van der Waals surface area contributed by atoms with Gasteiger partial charge in [0.25, 0.3) is 5.19 Å². The lowest BCUT2D eigenvalue weighted by Gasteiger charge is -2.08. The van der Waals surface area contributed by atoms with Crippen molar-refractivity contribution in [2.45, 2.75) is 6.92 Å². The molecule has 2 rings (SSSR count). The Morgan fingerprint density at radius 1 is 1.33 bits per heavy atom. The molecule has 0 saturated heterocycles. The zero-order chi connectivity index (χ0) is 13.1. The van der Waals surface area contributed by atoms with Gasteiger partial charge in [0.15, 0.2) is 11.5 Å². The van der Waals surface area contributed by atoms with Gasteiger partial charge >= 0.3 is 5.97 Å². The molecular weight excluding hydrogens is 256 g/mol. The van der Waals surface area contributed by atoms with Crippen molar-refractivity contribution in [3.63, 3.8) is 0 Å². The molecule has 94 valence electrons. The molecule has 0 aliphatic rings. The number of hydrogen-bond donors (Lipinski definition) is 1. The molecule has 0 spiro atoms. The molecule has 0 unspecified atom stereocenters. The molecule has 7 heteroatoms. The van der Waals surface area contributed by atoms with E-state index in [4.69, 9.17) is 14.6 Å². The van der Waals surface area contributed by atoms with Crippen molar-refractivity contribution < 1.29 is 19.4 Å². The predicted molar refractivity (Wildman–Crippen MR) is 64.7 cm³/mol. The lowest BCUT2D eigenvalue weighted by Crippen LogP contribution is -1.98. The fourth-order valence-corrected chi connectivity index (χ4v) is 1.85. The highest BCUT2D eigenvalue weighted by Gasteiger charge is 2.12. The number of carboxylic acids is 1. The lowest BCUT2D eigenvalue weighted by molar-refractivity contribution is 0.0696. The monoisotopic (exact) mass is 266 g/mol. The molecule has 1 heterocycles. The van der Waals surface area contributed by atoms with E-state index in [-0.39, 0.29) is 5.56 Å². The van der Waals surface area contributed by atoms with Crippen LogP contribution in [0.4, 0.5) is 0 Å². The second-order valence-electron chi connectivity index (χ2n) is 3.36. The second-order valence-corrected chi connectivity index (χ2v) is 4.50. The van der Waals surface area contributed by atoms with Crippen molar-refractivity contribution in [3.05, 3.63) is 28.8 Å². The molecule has 0 fully saturated rings. The number of aromatic carboxylic acids is 1. The molecule has 1 N–H and O–H groups in total. The van der Waals surface area contributed by atoms with Crippen molar-refractivity contribution in [3.8, 4) is 16.7 Å². The van der Waals surface area contributed by atoms with Crippen molar-refractivity contribution in [1.29, 1.82) is 0 Å². The van der Waals surface area contributed by atoms with Crippen LogP contribution in [-0.4, -0.2) is 28.4 Å². The van der Waals surface area contributed by atoms with Gasteiger partial charge in [-0.2, -0.15) is 0 Å². The number of rotatable bonds is 4.